The van der Waals surface area contributed by atoms with E-state index in [0.29, 0.717) is 0 Å². The van der Waals surface area contributed by atoms with E-state index in [1.807, 2.05) is 12.2 Å². The molecule has 3 rings (SSSR count). The SMILES string of the molecule is C=C/C=C\C=C\P(CCP(c1ccccc1)c1ccccc1)c1ccccc1. The van der Waals surface area contributed by atoms with Crippen LogP contribution < -0.4 is 15.9 Å². The van der Waals surface area contributed by atoms with Crippen molar-refractivity contribution in [3.05, 3.63) is 128 Å². The van der Waals surface area contributed by atoms with Crippen LogP contribution in [0.15, 0.2) is 128 Å². The van der Waals surface area contributed by atoms with Crippen LogP contribution in [0.25, 0.3) is 0 Å². The van der Waals surface area contributed by atoms with E-state index in [-0.39, 0.29) is 15.8 Å². The van der Waals surface area contributed by atoms with Crippen molar-refractivity contribution in [2.45, 2.75) is 0 Å². The molecular weight excluding hydrogens is 374 g/mol. The maximum atomic E-state index is 3.75. The van der Waals surface area contributed by atoms with Crippen molar-refractivity contribution in [3.8, 4) is 0 Å². The van der Waals surface area contributed by atoms with Gasteiger partial charge in [0.05, 0.1) is 0 Å². The fraction of sp³-hybridized carbons (Fsp3) is 0.0769. The van der Waals surface area contributed by atoms with E-state index < -0.39 is 0 Å². The number of hydrogen-bond acceptors (Lipinski definition) is 0. The molecule has 28 heavy (non-hydrogen) atoms. The van der Waals surface area contributed by atoms with Gasteiger partial charge in [-0.05, 0) is 36.2 Å². The summed E-state index contributed by atoms with van der Waals surface area (Å²) < 4.78 is 0. The van der Waals surface area contributed by atoms with Crippen LogP contribution in [0.2, 0.25) is 0 Å². The van der Waals surface area contributed by atoms with Gasteiger partial charge >= 0.3 is 0 Å². The summed E-state index contributed by atoms with van der Waals surface area (Å²) in [5.74, 6) is 2.38. The number of allylic oxidation sites excluding steroid dienone is 4. The Bertz CT molecular complexity index is 844. The zero-order valence-corrected chi connectivity index (χ0v) is 17.9. The molecule has 1 atom stereocenters. The summed E-state index contributed by atoms with van der Waals surface area (Å²) in [6.45, 7) is 3.75. The summed E-state index contributed by atoms with van der Waals surface area (Å²) in [5, 5.41) is 4.36. The molecule has 0 aliphatic rings. The molecule has 0 aliphatic heterocycles. The van der Waals surface area contributed by atoms with E-state index >= 15 is 0 Å². The lowest BCUT2D eigenvalue weighted by Gasteiger charge is -2.22. The highest BCUT2D eigenvalue weighted by atomic mass is 31.1. The van der Waals surface area contributed by atoms with E-state index in [2.05, 4.69) is 116 Å². The quantitative estimate of drug-likeness (QED) is 0.297. The Hall–Kier alpha value is -2.26. The van der Waals surface area contributed by atoms with E-state index in [0.717, 1.165) is 0 Å². The first kappa shape index (κ1) is 20.5. The van der Waals surface area contributed by atoms with Crippen LogP contribution in [0, 0.1) is 0 Å². The highest BCUT2D eigenvalue weighted by Crippen LogP contribution is 2.42. The summed E-state index contributed by atoms with van der Waals surface area (Å²) in [6, 6.07) is 32.9. The Morgan fingerprint density at radius 2 is 1.07 bits per heavy atom. The lowest BCUT2D eigenvalue weighted by molar-refractivity contribution is 1.51. The van der Waals surface area contributed by atoms with Crippen LogP contribution >= 0.6 is 15.8 Å². The van der Waals surface area contributed by atoms with Gasteiger partial charge in [0.25, 0.3) is 0 Å². The minimum atomic E-state index is -0.347. The topological polar surface area (TPSA) is 0 Å². The molecule has 0 fully saturated rings. The Balaban J connectivity index is 1.83. The monoisotopic (exact) mass is 400 g/mol. The van der Waals surface area contributed by atoms with Crippen LogP contribution in [0.3, 0.4) is 0 Å². The van der Waals surface area contributed by atoms with Crippen molar-refractivity contribution < 1.29 is 0 Å². The Kier molecular flexibility index (Phi) is 8.45. The van der Waals surface area contributed by atoms with E-state index in [9.17, 15) is 0 Å². The Morgan fingerprint density at radius 1 is 0.571 bits per heavy atom. The van der Waals surface area contributed by atoms with Gasteiger partial charge < -0.3 is 0 Å². The minimum Gasteiger partial charge on any atom is -0.0991 e. The zero-order valence-electron chi connectivity index (χ0n) is 16.1. The summed E-state index contributed by atoms with van der Waals surface area (Å²) >= 11 is 0. The van der Waals surface area contributed by atoms with Crippen LogP contribution in [0.4, 0.5) is 0 Å². The average molecular weight is 400 g/mol. The lowest BCUT2D eigenvalue weighted by Crippen LogP contribution is -2.16. The summed E-state index contributed by atoms with van der Waals surface area (Å²) in [5.41, 5.74) is 0. The number of benzene rings is 3. The first-order valence-electron chi connectivity index (χ1n) is 9.54. The summed E-state index contributed by atoms with van der Waals surface area (Å²) in [7, 11) is -0.683. The second kappa shape index (κ2) is 11.6. The van der Waals surface area contributed by atoms with Crippen molar-refractivity contribution in [1.29, 1.82) is 0 Å². The molecule has 0 heterocycles. The lowest BCUT2D eigenvalue weighted by atomic mass is 10.4. The van der Waals surface area contributed by atoms with Crippen molar-refractivity contribution in [3.63, 3.8) is 0 Å². The molecule has 0 aliphatic carbocycles. The molecule has 0 nitrogen and oxygen atoms in total. The normalized spacial score (nSPS) is 12.6. The standard InChI is InChI=1S/C26H26P2/c1-2-3-4-14-21-27(24-15-8-5-9-16-24)22-23-28(25-17-10-6-11-18-25)26-19-12-7-13-20-26/h2-21H,1,22-23H2/b4-3-,21-14+. The second-order valence-electron chi connectivity index (χ2n) is 6.31. The molecule has 0 amide bonds. The van der Waals surface area contributed by atoms with Crippen molar-refractivity contribution in [2.24, 2.45) is 0 Å². The van der Waals surface area contributed by atoms with Crippen LogP contribution in [-0.4, -0.2) is 12.3 Å². The largest absolute Gasteiger partial charge is 0.0991 e. The van der Waals surface area contributed by atoms with Crippen molar-refractivity contribution in [1.82, 2.24) is 0 Å². The van der Waals surface area contributed by atoms with E-state index in [1.165, 1.54) is 28.2 Å². The van der Waals surface area contributed by atoms with Gasteiger partial charge in [-0.3, -0.25) is 0 Å². The average Bonchev–Trinajstić information content (AvgIpc) is 2.77. The van der Waals surface area contributed by atoms with E-state index in [1.54, 1.807) is 0 Å². The predicted molar refractivity (Wildman–Crippen MR) is 130 cm³/mol. The number of rotatable bonds is 9. The van der Waals surface area contributed by atoms with Gasteiger partial charge in [-0.25, -0.2) is 0 Å². The third kappa shape index (κ3) is 6.13. The van der Waals surface area contributed by atoms with Gasteiger partial charge in [-0.2, -0.15) is 0 Å². The molecule has 0 aromatic heterocycles. The summed E-state index contributed by atoms with van der Waals surface area (Å²) in [6.07, 6.45) is 10.4. The third-order valence-electron chi connectivity index (χ3n) is 4.41. The van der Waals surface area contributed by atoms with Gasteiger partial charge in [-0.15, -0.1) is 0 Å². The molecule has 0 N–H and O–H groups in total. The highest BCUT2D eigenvalue weighted by molar-refractivity contribution is 7.75. The second-order valence-corrected chi connectivity index (χ2v) is 10.9. The van der Waals surface area contributed by atoms with Gasteiger partial charge in [0, 0.05) is 0 Å². The molecule has 0 spiro atoms. The molecule has 0 radical (unpaired) electrons. The first-order valence-corrected chi connectivity index (χ1v) is 12.7. The molecule has 3 aromatic rings. The Morgan fingerprint density at radius 3 is 1.57 bits per heavy atom. The van der Waals surface area contributed by atoms with Crippen LogP contribution in [0.1, 0.15) is 0 Å². The molecule has 2 heteroatoms. The predicted octanol–water partition coefficient (Wildman–Crippen LogP) is 6.18. The fourth-order valence-electron chi connectivity index (χ4n) is 3.04. The van der Waals surface area contributed by atoms with Crippen LogP contribution in [0.5, 0.6) is 0 Å². The van der Waals surface area contributed by atoms with Crippen molar-refractivity contribution in [2.75, 3.05) is 12.3 Å². The molecule has 0 saturated heterocycles. The molecule has 3 aromatic carbocycles. The van der Waals surface area contributed by atoms with Gasteiger partial charge in [-0.1, -0.05) is 136 Å². The smallest absolute Gasteiger partial charge is 0.0195 e. The third-order valence-corrected chi connectivity index (χ3v) is 9.48. The molecule has 1 unspecified atom stereocenters. The highest BCUT2D eigenvalue weighted by Gasteiger charge is 2.16. The van der Waals surface area contributed by atoms with Crippen molar-refractivity contribution >= 4 is 31.8 Å². The molecule has 140 valence electrons. The minimum absolute atomic E-state index is 0.336. The fourth-order valence-corrected chi connectivity index (χ4v) is 8.02. The maximum absolute atomic E-state index is 3.75. The van der Waals surface area contributed by atoms with E-state index in [4.69, 9.17) is 0 Å². The van der Waals surface area contributed by atoms with Gasteiger partial charge in [0.1, 0.15) is 0 Å². The van der Waals surface area contributed by atoms with Gasteiger partial charge in [0.15, 0.2) is 0 Å². The molecule has 0 saturated carbocycles. The maximum Gasteiger partial charge on any atom is -0.0195 e. The number of hydrogen-bond donors (Lipinski definition) is 0. The summed E-state index contributed by atoms with van der Waals surface area (Å²) in [4.78, 5) is 0. The molecular formula is C26H26P2. The van der Waals surface area contributed by atoms with Gasteiger partial charge in [0.2, 0.25) is 0 Å². The Labute approximate surface area is 171 Å². The zero-order chi connectivity index (χ0) is 19.4. The first-order chi connectivity index (χ1) is 13.9. The molecule has 0 bridgehead atoms. The van der Waals surface area contributed by atoms with Crippen LogP contribution in [-0.2, 0) is 0 Å².